The predicted molar refractivity (Wildman–Crippen MR) is 187 cm³/mol. The molecule has 0 saturated heterocycles. The van der Waals surface area contributed by atoms with Gasteiger partial charge < -0.3 is 9.47 Å². The minimum absolute atomic E-state index is 0.0527. The summed E-state index contributed by atoms with van der Waals surface area (Å²) in [6.45, 7) is 0.631. The van der Waals surface area contributed by atoms with E-state index < -0.39 is 41.4 Å². The highest BCUT2D eigenvalue weighted by atomic mass is 32.1. The molecule has 4 aromatic carbocycles. The van der Waals surface area contributed by atoms with E-state index in [9.17, 15) is 31.1 Å². The number of carbonyl (C=O) groups is 1. The Labute approximate surface area is 303 Å². The third-order valence-electron chi connectivity index (χ3n) is 8.13. The van der Waals surface area contributed by atoms with Crippen molar-refractivity contribution in [1.82, 2.24) is 9.97 Å². The molecule has 0 bridgehead atoms. The second-order valence-electron chi connectivity index (χ2n) is 11.9. The number of nitrogens with zero attached hydrogens (tertiary/aromatic N) is 2. The van der Waals surface area contributed by atoms with E-state index in [1.165, 1.54) is 0 Å². The van der Waals surface area contributed by atoms with Crippen molar-refractivity contribution < 1.29 is 40.6 Å². The number of alkyl halides is 6. The fraction of sp³-hybridized carbons (Fsp3) is 0.205. The van der Waals surface area contributed by atoms with Crippen LogP contribution in [0.25, 0.3) is 0 Å². The van der Waals surface area contributed by atoms with E-state index in [0.717, 1.165) is 21.9 Å². The molecule has 2 aromatic heterocycles. The second-order valence-corrected chi connectivity index (χ2v) is 13.7. The topological polar surface area (TPSA) is 61.3 Å². The Hall–Kier alpha value is -5.01. The largest absolute Gasteiger partial charge is 0.489 e. The van der Waals surface area contributed by atoms with Crippen LogP contribution in [-0.4, -0.2) is 15.8 Å². The van der Waals surface area contributed by atoms with Crippen molar-refractivity contribution in [3.63, 3.8) is 0 Å². The summed E-state index contributed by atoms with van der Waals surface area (Å²) in [4.78, 5) is 22.1. The second kappa shape index (κ2) is 16.1. The Morgan fingerprint density at radius 3 is 1.23 bits per heavy atom. The average molecular weight is 753 g/mol. The predicted octanol–water partition coefficient (Wildman–Crippen LogP) is 10.7. The molecule has 6 aromatic rings. The first kappa shape index (κ1) is 36.8. The molecule has 0 fully saturated rings. The number of benzene rings is 4. The Morgan fingerprint density at radius 2 is 0.904 bits per heavy atom. The zero-order valence-electron chi connectivity index (χ0n) is 27.2. The normalized spacial score (nSPS) is 13.0. The van der Waals surface area contributed by atoms with E-state index >= 15 is 0 Å². The van der Waals surface area contributed by atoms with Gasteiger partial charge >= 0.3 is 12.4 Å². The summed E-state index contributed by atoms with van der Waals surface area (Å²) in [7, 11) is 0. The van der Waals surface area contributed by atoms with Crippen LogP contribution in [0.3, 0.4) is 0 Å². The molecule has 2 heterocycles. The van der Waals surface area contributed by atoms with Gasteiger partial charge in [0.1, 0.15) is 34.7 Å². The molecule has 2 unspecified atom stereocenters. The van der Waals surface area contributed by atoms with Crippen LogP contribution in [0, 0.1) is 0 Å². The number of hydrogen-bond donors (Lipinski definition) is 0. The average Bonchev–Trinajstić information content (AvgIpc) is 3.85. The summed E-state index contributed by atoms with van der Waals surface area (Å²) in [5, 5.41) is 1.49. The van der Waals surface area contributed by atoms with Crippen LogP contribution in [-0.2, 0) is 43.2 Å². The van der Waals surface area contributed by atoms with Crippen molar-refractivity contribution in [2.75, 3.05) is 0 Å². The van der Waals surface area contributed by atoms with E-state index in [4.69, 9.17) is 9.47 Å². The van der Waals surface area contributed by atoms with Crippen molar-refractivity contribution in [3.8, 4) is 11.5 Å². The number of carbonyl (C=O) groups excluding carboxylic acids is 1. The maximum Gasteiger partial charge on any atom is 0.434 e. The van der Waals surface area contributed by atoms with Crippen molar-refractivity contribution in [1.29, 1.82) is 0 Å². The lowest BCUT2D eigenvalue weighted by Crippen LogP contribution is -2.25. The smallest absolute Gasteiger partial charge is 0.434 e. The first-order valence-corrected chi connectivity index (χ1v) is 17.8. The fourth-order valence-electron chi connectivity index (χ4n) is 5.41. The van der Waals surface area contributed by atoms with Gasteiger partial charge in [-0.3, -0.25) is 4.79 Å². The standard InChI is InChI=1S/C39H30F6N2O3S2/c40-38(41,42)33-23-51-36(46-33)31(19-25-11-15-29(16-12-25)49-21-27-7-3-1-4-8-27)35(48)32(37-47-34(24-52-37)39(43,44)45)20-26-13-17-30(18-14-26)50-22-28-9-5-2-6-10-28/h1-18,23-24,31-32H,19-22H2. The first-order chi connectivity index (χ1) is 24.9. The van der Waals surface area contributed by atoms with Crippen LogP contribution >= 0.6 is 22.7 Å². The van der Waals surface area contributed by atoms with Crippen molar-refractivity contribution in [3.05, 3.63) is 164 Å². The van der Waals surface area contributed by atoms with Gasteiger partial charge in [-0.15, -0.1) is 22.7 Å². The highest BCUT2D eigenvalue weighted by Gasteiger charge is 2.40. The van der Waals surface area contributed by atoms with Gasteiger partial charge in [0.2, 0.25) is 0 Å². The number of rotatable bonds is 14. The summed E-state index contributed by atoms with van der Waals surface area (Å²) in [5.74, 6) is -1.94. The molecule has 0 aliphatic carbocycles. The molecule has 13 heteroatoms. The molecule has 0 aliphatic rings. The molecule has 268 valence electrons. The Kier molecular flexibility index (Phi) is 11.4. The number of Topliss-reactive ketones (excluding diaryl/α,β-unsaturated/α-hetero) is 1. The number of halogens is 6. The highest BCUT2D eigenvalue weighted by molar-refractivity contribution is 7.10. The van der Waals surface area contributed by atoms with Gasteiger partial charge in [-0.2, -0.15) is 26.3 Å². The molecule has 2 atom stereocenters. The summed E-state index contributed by atoms with van der Waals surface area (Å²) in [6.07, 6.45) is -9.60. The van der Waals surface area contributed by atoms with Crippen LogP contribution in [0.2, 0.25) is 0 Å². The Bertz CT molecular complexity index is 1900. The number of ketones is 1. The maximum atomic E-state index is 14.5. The van der Waals surface area contributed by atoms with Crippen molar-refractivity contribution in [2.24, 2.45) is 0 Å². The van der Waals surface area contributed by atoms with Crippen LogP contribution in [0.4, 0.5) is 26.3 Å². The molecule has 5 nitrogen and oxygen atoms in total. The van der Waals surface area contributed by atoms with Gasteiger partial charge in [-0.25, -0.2) is 9.97 Å². The number of ether oxygens (including phenoxy) is 2. The molecule has 0 N–H and O–H groups in total. The third-order valence-corrected chi connectivity index (χ3v) is 10.0. The van der Waals surface area contributed by atoms with Crippen LogP contribution in [0.5, 0.6) is 11.5 Å². The monoisotopic (exact) mass is 752 g/mol. The lowest BCUT2D eigenvalue weighted by atomic mass is 9.85. The summed E-state index contributed by atoms with van der Waals surface area (Å²) < 4.78 is 93.7. The molecular weight excluding hydrogens is 723 g/mol. The molecule has 0 aliphatic heterocycles. The van der Waals surface area contributed by atoms with Crippen LogP contribution in [0.1, 0.15) is 55.5 Å². The van der Waals surface area contributed by atoms with E-state index in [-0.39, 0.29) is 22.9 Å². The molecule has 0 radical (unpaired) electrons. The first-order valence-electron chi connectivity index (χ1n) is 16.0. The summed E-state index contributed by atoms with van der Waals surface area (Å²) in [5.41, 5.74) is 0.818. The SMILES string of the molecule is O=C(C(Cc1ccc(OCc2ccccc2)cc1)c1nc(C(F)(F)F)cs1)C(Cc1ccc(OCc2ccccc2)cc1)c1nc(C(F)(F)F)cs1. The van der Waals surface area contributed by atoms with E-state index in [2.05, 4.69) is 9.97 Å². The van der Waals surface area contributed by atoms with Gasteiger partial charge in [0.05, 0.1) is 11.8 Å². The Morgan fingerprint density at radius 1 is 0.538 bits per heavy atom. The van der Waals surface area contributed by atoms with Gasteiger partial charge in [-0.1, -0.05) is 84.9 Å². The maximum absolute atomic E-state index is 14.5. The zero-order chi connectivity index (χ0) is 36.7. The lowest BCUT2D eigenvalue weighted by molar-refractivity contribution is -0.141. The molecule has 0 saturated carbocycles. The van der Waals surface area contributed by atoms with Crippen LogP contribution in [0.15, 0.2) is 120 Å². The minimum Gasteiger partial charge on any atom is -0.489 e. The zero-order valence-corrected chi connectivity index (χ0v) is 28.9. The molecule has 0 amide bonds. The fourth-order valence-corrected chi connectivity index (χ4v) is 7.28. The quantitative estimate of drug-likeness (QED) is 0.104. The molecule has 6 rings (SSSR count). The van der Waals surface area contributed by atoms with Gasteiger partial charge in [0.25, 0.3) is 0 Å². The van der Waals surface area contributed by atoms with Gasteiger partial charge in [0, 0.05) is 10.8 Å². The van der Waals surface area contributed by atoms with E-state index in [1.807, 2.05) is 60.7 Å². The van der Waals surface area contributed by atoms with Crippen molar-refractivity contribution >= 4 is 28.5 Å². The lowest BCUT2D eigenvalue weighted by Gasteiger charge is -2.21. The van der Waals surface area contributed by atoms with E-state index in [0.29, 0.717) is 58.5 Å². The van der Waals surface area contributed by atoms with Gasteiger partial charge in [0.15, 0.2) is 17.2 Å². The van der Waals surface area contributed by atoms with Gasteiger partial charge in [-0.05, 0) is 59.4 Å². The minimum atomic E-state index is -4.75. The number of aromatic nitrogens is 2. The molecular formula is C39H30F6N2O3S2. The van der Waals surface area contributed by atoms with Crippen molar-refractivity contribution in [2.45, 2.75) is 50.2 Å². The highest BCUT2D eigenvalue weighted by Crippen LogP contribution is 2.39. The summed E-state index contributed by atoms with van der Waals surface area (Å²) >= 11 is 1.37. The Balaban J connectivity index is 1.28. The molecule has 0 spiro atoms. The summed E-state index contributed by atoms with van der Waals surface area (Å²) in [6, 6.07) is 32.6. The number of thiazole rings is 2. The molecule has 52 heavy (non-hydrogen) atoms. The third kappa shape index (κ3) is 9.65. The van der Waals surface area contributed by atoms with E-state index in [1.54, 1.807) is 48.5 Å². The number of hydrogen-bond acceptors (Lipinski definition) is 7. The van der Waals surface area contributed by atoms with Crippen LogP contribution < -0.4 is 9.47 Å².